The predicted octanol–water partition coefficient (Wildman–Crippen LogP) is 2.56. The summed E-state index contributed by atoms with van der Waals surface area (Å²) in [5, 5.41) is 3.00. The van der Waals surface area contributed by atoms with E-state index in [4.69, 9.17) is 4.74 Å². The predicted molar refractivity (Wildman–Crippen MR) is 72.6 cm³/mol. The molecule has 4 heteroatoms. The van der Waals surface area contributed by atoms with Crippen molar-refractivity contribution in [2.24, 2.45) is 0 Å². The number of pyridine rings is 1. The number of hydrogen-bond donors (Lipinski definition) is 1. The second-order valence-corrected chi connectivity index (χ2v) is 4.24. The summed E-state index contributed by atoms with van der Waals surface area (Å²) < 4.78 is 18.9. The van der Waals surface area contributed by atoms with E-state index < -0.39 is 0 Å². The van der Waals surface area contributed by atoms with Gasteiger partial charge in [-0.05, 0) is 42.9 Å². The van der Waals surface area contributed by atoms with Gasteiger partial charge in [-0.2, -0.15) is 0 Å². The zero-order valence-electron chi connectivity index (χ0n) is 10.9. The van der Waals surface area contributed by atoms with Gasteiger partial charge in [-0.3, -0.25) is 4.98 Å². The SMILES string of the molecule is CNCc1cc(F)ccc1OCCc1ccncc1. The highest BCUT2D eigenvalue weighted by Crippen LogP contribution is 2.19. The molecule has 0 aliphatic heterocycles. The maximum absolute atomic E-state index is 13.2. The van der Waals surface area contributed by atoms with Gasteiger partial charge in [0.2, 0.25) is 0 Å². The molecule has 0 aliphatic carbocycles. The smallest absolute Gasteiger partial charge is 0.123 e. The molecule has 0 aliphatic rings. The zero-order valence-corrected chi connectivity index (χ0v) is 10.9. The number of hydrogen-bond acceptors (Lipinski definition) is 3. The number of benzene rings is 1. The third-order valence-electron chi connectivity index (χ3n) is 2.79. The van der Waals surface area contributed by atoms with Gasteiger partial charge in [-0.15, -0.1) is 0 Å². The Morgan fingerprint density at radius 2 is 2.00 bits per heavy atom. The Morgan fingerprint density at radius 1 is 1.21 bits per heavy atom. The van der Waals surface area contributed by atoms with E-state index in [0.29, 0.717) is 13.2 Å². The van der Waals surface area contributed by atoms with E-state index in [-0.39, 0.29) is 5.82 Å². The monoisotopic (exact) mass is 260 g/mol. The van der Waals surface area contributed by atoms with Crippen molar-refractivity contribution >= 4 is 0 Å². The fourth-order valence-corrected chi connectivity index (χ4v) is 1.85. The van der Waals surface area contributed by atoms with Gasteiger partial charge in [0.15, 0.2) is 0 Å². The van der Waals surface area contributed by atoms with Crippen LogP contribution in [0, 0.1) is 5.82 Å². The Morgan fingerprint density at radius 3 is 2.74 bits per heavy atom. The van der Waals surface area contributed by atoms with Crippen molar-refractivity contribution < 1.29 is 9.13 Å². The van der Waals surface area contributed by atoms with Crippen molar-refractivity contribution in [3.63, 3.8) is 0 Å². The fourth-order valence-electron chi connectivity index (χ4n) is 1.85. The molecule has 3 nitrogen and oxygen atoms in total. The highest BCUT2D eigenvalue weighted by molar-refractivity contribution is 5.34. The summed E-state index contributed by atoms with van der Waals surface area (Å²) in [5.74, 6) is 0.483. The minimum Gasteiger partial charge on any atom is -0.493 e. The summed E-state index contributed by atoms with van der Waals surface area (Å²) in [7, 11) is 1.83. The zero-order chi connectivity index (χ0) is 13.5. The second-order valence-electron chi connectivity index (χ2n) is 4.24. The van der Waals surface area contributed by atoms with Crippen LogP contribution in [-0.4, -0.2) is 18.6 Å². The van der Waals surface area contributed by atoms with Crippen LogP contribution in [0.1, 0.15) is 11.1 Å². The van der Waals surface area contributed by atoms with Crippen LogP contribution in [0.2, 0.25) is 0 Å². The normalized spacial score (nSPS) is 10.4. The fraction of sp³-hybridized carbons (Fsp3) is 0.267. The number of nitrogens with zero attached hydrogens (tertiary/aromatic N) is 1. The molecule has 0 bridgehead atoms. The molecule has 0 fully saturated rings. The lowest BCUT2D eigenvalue weighted by molar-refractivity contribution is 0.317. The summed E-state index contributed by atoms with van der Waals surface area (Å²) in [5.41, 5.74) is 2.00. The molecule has 0 saturated heterocycles. The third-order valence-corrected chi connectivity index (χ3v) is 2.79. The van der Waals surface area contributed by atoms with Gasteiger partial charge in [0, 0.05) is 30.9 Å². The summed E-state index contributed by atoms with van der Waals surface area (Å²) in [4.78, 5) is 3.97. The van der Waals surface area contributed by atoms with E-state index >= 15 is 0 Å². The maximum Gasteiger partial charge on any atom is 0.123 e. The van der Waals surface area contributed by atoms with Gasteiger partial charge >= 0.3 is 0 Å². The van der Waals surface area contributed by atoms with Crippen LogP contribution >= 0.6 is 0 Å². The summed E-state index contributed by atoms with van der Waals surface area (Å²) >= 11 is 0. The maximum atomic E-state index is 13.2. The van der Waals surface area contributed by atoms with Crippen LogP contribution < -0.4 is 10.1 Å². The van der Waals surface area contributed by atoms with Crippen molar-refractivity contribution in [3.8, 4) is 5.75 Å². The Bertz CT molecular complexity index is 517. The van der Waals surface area contributed by atoms with Crippen molar-refractivity contribution in [1.82, 2.24) is 10.3 Å². The standard InChI is InChI=1S/C15H17FN2O/c1-17-11-13-10-14(16)2-3-15(13)19-9-6-12-4-7-18-8-5-12/h2-5,7-8,10,17H,6,9,11H2,1H3. The molecule has 0 radical (unpaired) electrons. The minimum atomic E-state index is -0.244. The van der Waals surface area contributed by atoms with Crippen LogP contribution in [-0.2, 0) is 13.0 Å². The topological polar surface area (TPSA) is 34.1 Å². The molecule has 0 saturated carbocycles. The molecule has 0 spiro atoms. The van der Waals surface area contributed by atoms with E-state index in [1.54, 1.807) is 18.5 Å². The van der Waals surface area contributed by atoms with Gasteiger partial charge < -0.3 is 10.1 Å². The Hall–Kier alpha value is -1.94. The quantitative estimate of drug-likeness (QED) is 0.866. The first-order chi connectivity index (χ1) is 9.29. The molecule has 0 amide bonds. The highest BCUT2D eigenvalue weighted by Gasteiger charge is 2.05. The van der Waals surface area contributed by atoms with E-state index in [1.807, 2.05) is 19.2 Å². The average Bonchev–Trinajstić information content (AvgIpc) is 2.43. The van der Waals surface area contributed by atoms with Gasteiger partial charge in [-0.1, -0.05) is 0 Å². The highest BCUT2D eigenvalue weighted by atomic mass is 19.1. The average molecular weight is 260 g/mol. The number of rotatable bonds is 6. The molecule has 0 unspecified atom stereocenters. The third kappa shape index (κ3) is 4.03. The Kier molecular flexibility index (Phi) is 4.86. The molecule has 100 valence electrons. The van der Waals surface area contributed by atoms with Crippen LogP contribution in [0.15, 0.2) is 42.7 Å². The van der Waals surface area contributed by atoms with E-state index in [9.17, 15) is 4.39 Å². The first kappa shape index (κ1) is 13.5. The van der Waals surface area contributed by atoms with Crippen LogP contribution in [0.3, 0.4) is 0 Å². The summed E-state index contributed by atoms with van der Waals surface area (Å²) in [6.07, 6.45) is 4.33. The molecule has 1 heterocycles. The first-order valence-corrected chi connectivity index (χ1v) is 6.24. The van der Waals surface area contributed by atoms with Crippen LogP contribution in [0.4, 0.5) is 4.39 Å². The van der Waals surface area contributed by atoms with E-state index in [0.717, 1.165) is 17.7 Å². The Balaban J connectivity index is 1.95. The van der Waals surface area contributed by atoms with Gasteiger partial charge in [0.25, 0.3) is 0 Å². The lowest BCUT2D eigenvalue weighted by atomic mass is 10.2. The van der Waals surface area contributed by atoms with E-state index in [2.05, 4.69) is 10.3 Å². The summed E-state index contributed by atoms with van der Waals surface area (Å²) in [6, 6.07) is 8.51. The van der Waals surface area contributed by atoms with Gasteiger partial charge in [0.05, 0.1) is 6.61 Å². The number of aromatic nitrogens is 1. The van der Waals surface area contributed by atoms with Crippen molar-refractivity contribution in [2.75, 3.05) is 13.7 Å². The lowest BCUT2D eigenvalue weighted by Gasteiger charge is -2.11. The largest absolute Gasteiger partial charge is 0.493 e. The lowest BCUT2D eigenvalue weighted by Crippen LogP contribution is -2.09. The van der Waals surface area contributed by atoms with Crippen LogP contribution in [0.25, 0.3) is 0 Å². The molecular formula is C15H17FN2O. The molecule has 19 heavy (non-hydrogen) atoms. The van der Waals surface area contributed by atoms with Crippen molar-refractivity contribution in [1.29, 1.82) is 0 Å². The molecular weight excluding hydrogens is 243 g/mol. The Labute approximate surface area is 112 Å². The molecule has 1 aromatic carbocycles. The minimum absolute atomic E-state index is 0.244. The van der Waals surface area contributed by atoms with Crippen molar-refractivity contribution in [3.05, 3.63) is 59.7 Å². The van der Waals surface area contributed by atoms with Crippen LogP contribution in [0.5, 0.6) is 5.75 Å². The number of ether oxygens (including phenoxy) is 1. The number of nitrogens with one attached hydrogen (secondary N) is 1. The molecule has 1 N–H and O–H groups in total. The molecule has 2 rings (SSSR count). The van der Waals surface area contributed by atoms with Crippen molar-refractivity contribution in [2.45, 2.75) is 13.0 Å². The first-order valence-electron chi connectivity index (χ1n) is 6.24. The molecule has 0 atom stereocenters. The van der Waals surface area contributed by atoms with E-state index in [1.165, 1.54) is 17.7 Å². The molecule has 2 aromatic rings. The van der Waals surface area contributed by atoms with Gasteiger partial charge in [0.1, 0.15) is 11.6 Å². The molecule has 1 aromatic heterocycles. The van der Waals surface area contributed by atoms with Gasteiger partial charge in [-0.25, -0.2) is 4.39 Å². The number of halogens is 1. The second kappa shape index (κ2) is 6.85. The summed E-state index contributed by atoms with van der Waals surface area (Å²) in [6.45, 7) is 1.15.